The number of hydrogen-bond acceptors (Lipinski definition) is 1. The average Bonchev–Trinajstić information content (AvgIpc) is 2.27. The summed E-state index contributed by atoms with van der Waals surface area (Å²) in [7, 11) is 0. The van der Waals surface area contributed by atoms with E-state index in [-0.39, 0.29) is 11.9 Å². The molecule has 0 spiro atoms. The molecular weight excluding hydrogens is 225 g/mol. The van der Waals surface area contributed by atoms with Crippen molar-refractivity contribution in [3.63, 3.8) is 0 Å². The third kappa shape index (κ3) is 3.17. The highest BCUT2D eigenvalue weighted by atomic mass is 19.1. The van der Waals surface area contributed by atoms with Crippen LogP contribution in [0.2, 0.25) is 0 Å². The molecule has 2 aromatic carbocycles. The highest BCUT2D eigenvalue weighted by Crippen LogP contribution is 2.18. The summed E-state index contributed by atoms with van der Waals surface area (Å²) >= 11 is 0. The molecule has 2 aromatic rings. The van der Waals surface area contributed by atoms with Crippen LogP contribution in [-0.4, -0.2) is 0 Å². The lowest BCUT2D eigenvalue weighted by molar-refractivity contribution is 0.618. The number of hydrogen-bond donors (Lipinski definition) is 1. The Balaban J connectivity index is 2.18. The van der Waals surface area contributed by atoms with Crippen molar-refractivity contribution in [2.24, 2.45) is 5.73 Å². The van der Waals surface area contributed by atoms with Crippen LogP contribution >= 0.6 is 0 Å². The molecule has 2 heteroatoms. The van der Waals surface area contributed by atoms with E-state index in [4.69, 9.17) is 5.73 Å². The van der Waals surface area contributed by atoms with Crippen LogP contribution in [0.1, 0.15) is 28.3 Å². The van der Waals surface area contributed by atoms with Crippen LogP contribution in [0, 0.1) is 19.7 Å². The summed E-state index contributed by atoms with van der Waals surface area (Å²) in [5, 5.41) is 0. The number of nitrogens with two attached hydrogens (primary N) is 1. The topological polar surface area (TPSA) is 26.0 Å². The Labute approximate surface area is 107 Å². The molecule has 2 rings (SSSR count). The lowest BCUT2D eigenvalue weighted by Crippen LogP contribution is -2.13. The van der Waals surface area contributed by atoms with Crippen molar-refractivity contribution >= 4 is 0 Å². The maximum Gasteiger partial charge on any atom is 0.123 e. The Morgan fingerprint density at radius 2 is 1.72 bits per heavy atom. The first kappa shape index (κ1) is 12.8. The standard InChI is InChI=1S/C16H18FN/c1-11-6-12(2)8-13(7-11)9-16(18)14-4-3-5-15(17)10-14/h3-8,10,16H,9,18H2,1-2H3. The predicted octanol–water partition coefficient (Wildman–Crippen LogP) is 3.69. The van der Waals surface area contributed by atoms with Crippen LogP contribution < -0.4 is 5.73 Å². The predicted molar refractivity (Wildman–Crippen MR) is 72.9 cm³/mol. The van der Waals surface area contributed by atoms with Gasteiger partial charge in [0, 0.05) is 6.04 Å². The van der Waals surface area contributed by atoms with Crippen LogP contribution in [0.4, 0.5) is 4.39 Å². The number of benzene rings is 2. The van der Waals surface area contributed by atoms with Gasteiger partial charge in [-0.25, -0.2) is 4.39 Å². The molecule has 94 valence electrons. The van der Waals surface area contributed by atoms with Crippen LogP contribution in [0.3, 0.4) is 0 Å². The Hall–Kier alpha value is -1.67. The summed E-state index contributed by atoms with van der Waals surface area (Å²) in [5.74, 6) is -0.233. The summed E-state index contributed by atoms with van der Waals surface area (Å²) in [6.45, 7) is 4.15. The molecule has 0 saturated heterocycles. The van der Waals surface area contributed by atoms with E-state index in [0.29, 0.717) is 0 Å². The van der Waals surface area contributed by atoms with E-state index < -0.39 is 0 Å². The van der Waals surface area contributed by atoms with Gasteiger partial charge in [0.2, 0.25) is 0 Å². The minimum atomic E-state index is -0.233. The van der Waals surface area contributed by atoms with Gasteiger partial charge in [-0.1, -0.05) is 41.5 Å². The third-order valence-corrected chi connectivity index (χ3v) is 3.01. The zero-order chi connectivity index (χ0) is 13.1. The number of rotatable bonds is 3. The van der Waals surface area contributed by atoms with Gasteiger partial charge in [0.05, 0.1) is 0 Å². The molecule has 2 N–H and O–H groups in total. The first-order valence-corrected chi connectivity index (χ1v) is 6.13. The van der Waals surface area contributed by atoms with Gasteiger partial charge in [-0.2, -0.15) is 0 Å². The molecule has 1 atom stereocenters. The molecule has 0 fully saturated rings. The fraction of sp³-hybridized carbons (Fsp3) is 0.250. The zero-order valence-electron chi connectivity index (χ0n) is 10.8. The largest absolute Gasteiger partial charge is 0.324 e. The molecular formula is C16H18FN. The first-order valence-electron chi connectivity index (χ1n) is 6.13. The van der Waals surface area contributed by atoms with E-state index >= 15 is 0 Å². The van der Waals surface area contributed by atoms with Gasteiger partial charge in [-0.15, -0.1) is 0 Å². The SMILES string of the molecule is Cc1cc(C)cc(CC(N)c2cccc(F)c2)c1. The fourth-order valence-corrected chi connectivity index (χ4v) is 2.30. The van der Waals surface area contributed by atoms with E-state index in [0.717, 1.165) is 12.0 Å². The van der Waals surface area contributed by atoms with E-state index in [2.05, 4.69) is 32.0 Å². The van der Waals surface area contributed by atoms with Crippen molar-refractivity contribution in [3.05, 3.63) is 70.5 Å². The smallest absolute Gasteiger partial charge is 0.123 e. The summed E-state index contributed by atoms with van der Waals surface area (Å²) in [6.07, 6.45) is 0.728. The van der Waals surface area contributed by atoms with Crippen molar-refractivity contribution in [3.8, 4) is 0 Å². The van der Waals surface area contributed by atoms with Crippen molar-refractivity contribution in [2.45, 2.75) is 26.3 Å². The summed E-state index contributed by atoms with van der Waals surface area (Å²) in [6, 6.07) is 12.8. The molecule has 0 aliphatic rings. The Kier molecular flexibility index (Phi) is 3.78. The minimum absolute atomic E-state index is 0.165. The van der Waals surface area contributed by atoms with Crippen molar-refractivity contribution in [2.75, 3.05) is 0 Å². The second-order valence-corrected chi connectivity index (χ2v) is 4.86. The van der Waals surface area contributed by atoms with Crippen LogP contribution in [0.25, 0.3) is 0 Å². The van der Waals surface area contributed by atoms with Crippen LogP contribution in [0.15, 0.2) is 42.5 Å². The summed E-state index contributed by atoms with van der Waals surface area (Å²) < 4.78 is 13.1. The minimum Gasteiger partial charge on any atom is -0.324 e. The second-order valence-electron chi connectivity index (χ2n) is 4.86. The van der Waals surface area contributed by atoms with Crippen molar-refractivity contribution < 1.29 is 4.39 Å². The molecule has 0 amide bonds. The van der Waals surface area contributed by atoms with Gasteiger partial charge >= 0.3 is 0 Å². The zero-order valence-corrected chi connectivity index (χ0v) is 10.8. The quantitative estimate of drug-likeness (QED) is 0.874. The van der Waals surface area contributed by atoms with E-state index in [9.17, 15) is 4.39 Å². The van der Waals surface area contributed by atoms with Crippen molar-refractivity contribution in [1.29, 1.82) is 0 Å². The number of halogens is 1. The lowest BCUT2D eigenvalue weighted by atomic mass is 9.97. The molecule has 0 aromatic heterocycles. The third-order valence-electron chi connectivity index (χ3n) is 3.01. The Morgan fingerprint density at radius 3 is 2.33 bits per heavy atom. The molecule has 1 nitrogen and oxygen atoms in total. The number of aryl methyl sites for hydroxylation is 2. The summed E-state index contributed by atoms with van der Waals surface area (Å²) in [4.78, 5) is 0. The first-order chi connectivity index (χ1) is 8.54. The maximum atomic E-state index is 13.1. The highest BCUT2D eigenvalue weighted by Gasteiger charge is 2.08. The Bertz CT molecular complexity index is 528. The van der Waals surface area contributed by atoms with Gasteiger partial charge in [0.25, 0.3) is 0 Å². The van der Waals surface area contributed by atoms with Gasteiger partial charge in [-0.3, -0.25) is 0 Å². The second kappa shape index (κ2) is 5.32. The van der Waals surface area contributed by atoms with Gasteiger partial charge < -0.3 is 5.73 Å². The molecule has 18 heavy (non-hydrogen) atoms. The molecule has 0 aliphatic heterocycles. The molecule has 1 unspecified atom stereocenters. The fourth-order valence-electron chi connectivity index (χ4n) is 2.30. The van der Waals surface area contributed by atoms with Gasteiger partial charge in [-0.05, 0) is 43.5 Å². The maximum absolute atomic E-state index is 13.1. The average molecular weight is 243 g/mol. The molecule has 0 saturated carbocycles. The van der Waals surface area contributed by atoms with E-state index in [1.165, 1.54) is 28.8 Å². The Morgan fingerprint density at radius 1 is 1.06 bits per heavy atom. The molecule has 0 bridgehead atoms. The van der Waals surface area contributed by atoms with E-state index in [1.807, 2.05) is 6.07 Å². The van der Waals surface area contributed by atoms with Crippen molar-refractivity contribution in [1.82, 2.24) is 0 Å². The van der Waals surface area contributed by atoms with Gasteiger partial charge in [0.1, 0.15) is 5.82 Å². The van der Waals surface area contributed by atoms with Crippen LogP contribution in [-0.2, 0) is 6.42 Å². The van der Waals surface area contributed by atoms with Crippen LogP contribution in [0.5, 0.6) is 0 Å². The monoisotopic (exact) mass is 243 g/mol. The molecule has 0 heterocycles. The lowest BCUT2D eigenvalue weighted by Gasteiger charge is -2.13. The molecule has 0 aliphatic carbocycles. The van der Waals surface area contributed by atoms with Gasteiger partial charge in [0.15, 0.2) is 0 Å². The normalized spacial score (nSPS) is 12.4. The van der Waals surface area contributed by atoms with E-state index in [1.54, 1.807) is 6.07 Å². The molecule has 0 radical (unpaired) electrons. The highest BCUT2D eigenvalue weighted by molar-refractivity contribution is 5.30. The summed E-state index contributed by atoms with van der Waals surface area (Å²) in [5.41, 5.74) is 10.6.